The van der Waals surface area contributed by atoms with Gasteiger partial charge in [0, 0.05) is 22.9 Å². The van der Waals surface area contributed by atoms with Gasteiger partial charge in [0.25, 0.3) is 0 Å². The van der Waals surface area contributed by atoms with Crippen molar-refractivity contribution in [3.8, 4) is 11.5 Å². The molecule has 0 N–H and O–H groups in total. The summed E-state index contributed by atoms with van der Waals surface area (Å²) in [6.45, 7) is 14.7. The molecule has 2 aliphatic heterocycles. The van der Waals surface area contributed by atoms with Crippen LogP contribution in [0.2, 0.25) is 39.3 Å². The second-order valence-corrected chi connectivity index (χ2v) is 20.2. The number of likely N-dealkylation sites (tertiary alicyclic amines) is 1. The minimum absolute atomic E-state index is 0.0258. The Kier molecular flexibility index (Phi) is 4.26. The molecular formula is C23H35NO3Si2. The highest BCUT2D eigenvalue weighted by molar-refractivity contribution is 6.70. The van der Waals surface area contributed by atoms with Crippen molar-refractivity contribution in [1.82, 2.24) is 4.90 Å². The predicted octanol–water partition coefficient (Wildman–Crippen LogP) is 4.57. The molecule has 2 bridgehead atoms. The maximum absolute atomic E-state index is 6.87. The highest BCUT2D eigenvalue weighted by Gasteiger charge is 2.64. The first-order chi connectivity index (χ1) is 13.5. The van der Waals surface area contributed by atoms with Gasteiger partial charge in [-0.15, -0.1) is 0 Å². The van der Waals surface area contributed by atoms with E-state index in [9.17, 15) is 0 Å². The molecule has 4 aliphatic rings. The lowest BCUT2D eigenvalue weighted by atomic mass is 9.53. The van der Waals surface area contributed by atoms with E-state index in [-0.39, 0.29) is 17.6 Å². The first kappa shape index (κ1) is 19.9. The van der Waals surface area contributed by atoms with Crippen LogP contribution in [0, 0.1) is 5.92 Å². The van der Waals surface area contributed by atoms with Gasteiger partial charge in [0.2, 0.25) is 8.32 Å². The predicted molar refractivity (Wildman–Crippen MR) is 122 cm³/mol. The van der Waals surface area contributed by atoms with Gasteiger partial charge in [-0.1, -0.05) is 18.2 Å². The Hall–Kier alpha value is -1.09. The lowest BCUT2D eigenvalue weighted by molar-refractivity contribution is -0.0401. The van der Waals surface area contributed by atoms with Crippen LogP contribution in [0.1, 0.15) is 17.5 Å². The minimum atomic E-state index is -1.73. The van der Waals surface area contributed by atoms with Crippen LogP contribution in [0.25, 0.3) is 0 Å². The fourth-order valence-corrected chi connectivity index (χ4v) is 7.97. The van der Waals surface area contributed by atoms with Crippen LogP contribution in [0.4, 0.5) is 0 Å². The third-order valence-electron chi connectivity index (χ3n) is 7.02. The van der Waals surface area contributed by atoms with E-state index in [2.05, 4.69) is 75.5 Å². The Labute approximate surface area is 177 Å². The summed E-state index contributed by atoms with van der Waals surface area (Å²) in [4.78, 5) is 2.56. The molecule has 0 unspecified atom stereocenters. The van der Waals surface area contributed by atoms with Crippen molar-refractivity contribution >= 4 is 16.6 Å². The summed E-state index contributed by atoms with van der Waals surface area (Å²) >= 11 is 0. The van der Waals surface area contributed by atoms with E-state index < -0.39 is 16.6 Å². The molecule has 158 valence electrons. The fourth-order valence-electron chi connectivity index (χ4n) is 6.13. The van der Waals surface area contributed by atoms with Crippen LogP contribution in [0.15, 0.2) is 24.3 Å². The SMILES string of the molecule is CN1CC[C@]23c4c5ccc(O[Si](C)(C)C)c4O[C@H]2[C@@H](O[Si](C)(C)C)C=C[C@H]3[C@H]1C5. The Morgan fingerprint density at radius 1 is 1.07 bits per heavy atom. The second-order valence-electron chi connectivity index (χ2n) is 11.3. The van der Waals surface area contributed by atoms with E-state index in [0.717, 1.165) is 30.9 Å². The van der Waals surface area contributed by atoms with Gasteiger partial charge in [-0.25, -0.2) is 0 Å². The zero-order valence-electron chi connectivity index (χ0n) is 18.9. The largest absolute Gasteiger partial charge is 0.542 e. The molecule has 1 aromatic rings. The van der Waals surface area contributed by atoms with Gasteiger partial charge >= 0.3 is 0 Å². The zero-order valence-corrected chi connectivity index (χ0v) is 20.9. The van der Waals surface area contributed by atoms with Crippen molar-refractivity contribution in [3.05, 3.63) is 35.4 Å². The zero-order chi connectivity index (χ0) is 20.8. The number of hydrogen-bond acceptors (Lipinski definition) is 4. The molecule has 0 radical (unpaired) electrons. The van der Waals surface area contributed by atoms with Crippen molar-refractivity contribution in [2.75, 3.05) is 13.6 Å². The second kappa shape index (κ2) is 6.22. The van der Waals surface area contributed by atoms with Crippen LogP contribution >= 0.6 is 0 Å². The van der Waals surface area contributed by atoms with E-state index in [1.165, 1.54) is 11.1 Å². The van der Waals surface area contributed by atoms with E-state index in [1.54, 1.807) is 0 Å². The highest BCUT2D eigenvalue weighted by Crippen LogP contribution is 2.63. The summed E-state index contributed by atoms with van der Waals surface area (Å²) < 4.78 is 20.1. The van der Waals surface area contributed by atoms with E-state index in [4.69, 9.17) is 13.6 Å². The smallest absolute Gasteiger partial charge is 0.242 e. The van der Waals surface area contributed by atoms with E-state index >= 15 is 0 Å². The molecule has 0 amide bonds. The monoisotopic (exact) mass is 429 g/mol. The topological polar surface area (TPSA) is 30.9 Å². The Morgan fingerprint density at radius 2 is 1.83 bits per heavy atom. The Morgan fingerprint density at radius 3 is 2.52 bits per heavy atom. The maximum atomic E-state index is 6.87. The van der Waals surface area contributed by atoms with Crippen LogP contribution in [0.3, 0.4) is 0 Å². The van der Waals surface area contributed by atoms with Crippen LogP contribution < -0.4 is 9.16 Å². The third kappa shape index (κ3) is 2.98. The van der Waals surface area contributed by atoms with Gasteiger partial charge in [-0.05, 0) is 77.3 Å². The quantitative estimate of drug-likeness (QED) is 0.518. The molecule has 6 heteroatoms. The summed E-state index contributed by atoms with van der Waals surface area (Å²) in [6, 6.07) is 5.02. The van der Waals surface area contributed by atoms with Gasteiger partial charge < -0.3 is 18.5 Å². The summed E-state index contributed by atoms with van der Waals surface area (Å²) in [5.74, 6) is 2.47. The summed E-state index contributed by atoms with van der Waals surface area (Å²) in [7, 11) is -1.15. The number of benzene rings is 1. The van der Waals surface area contributed by atoms with Gasteiger partial charge in [0.1, 0.15) is 18.0 Å². The van der Waals surface area contributed by atoms with Gasteiger partial charge in [-0.2, -0.15) is 0 Å². The van der Waals surface area contributed by atoms with E-state index in [1.807, 2.05) is 0 Å². The van der Waals surface area contributed by atoms with Crippen LogP contribution in [-0.4, -0.2) is 53.4 Å². The average molecular weight is 430 g/mol. The standard InChI is InChI=1S/C23H35NO3Si2/c1-24-13-12-23-16-9-11-19(27-29(5,6)7)22(23)25-21-18(26-28(2,3)4)10-8-15(20(21)23)14-17(16)24/h8-11,16-17,19,22H,12-14H2,1-7H3/t16-,17+,19-,22-,23-/m0/s1. The molecule has 4 nitrogen and oxygen atoms in total. The highest BCUT2D eigenvalue weighted by atomic mass is 28.4. The van der Waals surface area contributed by atoms with Crippen molar-refractivity contribution in [2.24, 2.45) is 5.92 Å². The normalized spacial score (nSPS) is 35.3. The van der Waals surface area contributed by atoms with Crippen molar-refractivity contribution in [2.45, 2.75) is 75.8 Å². The molecule has 5 rings (SSSR count). The number of hydrogen-bond donors (Lipinski definition) is 0. The van der Waals surface area contributed by atoms with Gasteiger partial charge in [-0.3, -0.25) is 0 Å². The van der Waals surface area contributed by atoms with Crippen LogP contribution in [0.5, 0.6) is 11.5 Å². The lowest BCUT2D eigenvalue weighted by Crippen LogP contribution is -2.65. The first-order valence-corrected chi connectivity index (χ1v) is 17.9. The Balaban J connectivity index is 1.68. The summed E-state index contributed by atoms with van der Waals surface area (Å²) in [5.41, 5.74) is 2.93. The molecule has 1 spiro atoms. The summed E-state index contributed by atoms with van der Waals surface area (Å²) in [6.07, 6.45) is 7.09. The number of likely N-dealkylation sites (N-methyl/N-ethyl adjacent to an activating group) is 1. The molecule has 1 aromatic carbocycles. The number of nitrogens with zero attached hydrogens (tertiary/aromatic N) is 1. The molecule has 1 fully saturated rings. The maximum Gasteiger partial charge on any atom is 0.242 e. The van der Waals surface area contributed by atoms with Crippen LogP contribution in [-0.2, 0) is 16.3 Å². The molecule has 2 heterocycles. The van der Waals surface area contributed by atoms with Gasteiger partial charge in [0.15, 0.2) is 14.1 Å². The molecule has 5 atom stereocenters. The third-order valence-corrected chi connectivity index (χ3v) is 8.83. The molecular weight excluding hydrogens is 394 g/mol. The Bertz CT molecular complexity index is 872. The van der Waals surface area contributed by atoms with Crippen molar-refractivity contribution < 1.29 is 13.6 Å². The molecule has 1 saturated heterocycles. The minimum Gasteiger partial charge on any atom is -0.542 e. The van der Waals surface area contributed by atoms with E-state index in [0.29, 0.717) is 12.0 Å². The van der Waals surface area contributed by atoms with Gasteiger partial charge in [0.05, 0.1) is 0 Å². The number of piperidine rings is 1. The lowest BCUT2D eigenvalue weighted by Gasteiger charge is -2.57. The van der Waals surface area contributed by atoms with Crippen molar-refractivity contribution in [1.29, 1.82) is 0 Å². The number of ether oxygens (including phenoxy) is 1. The molecule has 29 heavy (non-hydrogen) atoms. The molecule has 0 aromatic heterocycles. The summed E-state index contributed by atoms with van der Waals surface area (Å²) in [5, 5.41) is 0. The first-order valence-electron chi connectivity index (χ1n) is 11.1. The molecule has 2 aliphatic carbocycles. The van der Waals surface area contributed by atoms with Crippen molar-refractivity contribution in [3.63, 3.8) is 0 Å². The fraction of sp³-hybridized carbons (Fsp3) is 0.652. The molecule has 0 saturated carbocycles. The average Bonchev–Trinajstić information content (AvgIpc) is 2.94. The number of rotatable bonds is 4.